The fourth-order valence-corrected chi connectivity index (χ4v) is 3.57. The summed E-state index contributed by atoms with van der Waals surface area (Å²) in [5.41, 5.74) is 7.96. The van der Waals surface area contributed by atoms with Crippen LogP contribution in [0.2, 0.25) is 0 Å². The Hall–Kier alpha value is -1.18. The number of aryl methyl sites for hydroxylation is 1. The second-order valence-corrected chi connectivity index (χ2v) is 6.83. The molecule has 0 saturated carbocycles. The van der Waals surface area contributed by atoms with Crippen LogP contribution in [0, 0.1) is 6.92 Å². The smallest absolute Gasteiger partial charge is 0.149 e. The van der Waals surface area contributed by atoms with E-state index >= 15 is 0 Å². The van der Waals surface area contributed by atoms with Crippen LogP contribution in [0.25, 0.3) is 10.6 Å². The van der Waals surface area contributed by atoms with Crippen LogP contribution in [0.4, 0.5) is 10.8 Å². The first-order chi connectivity index (χ1) is 9.47. The summed E-state index contributed by atoms with van der Waals surface area (Å²) in [5, 5.41) is 7.50. The molecule has 1 unspecified atom stereocenters. The van der Waals surface area contributed by atoms with Gasteiger partial charge in [-0.25, -0.2) is 4.98 Å². The number of nitrogen functional groups attached to an aromatic ring is 1. The molecule has 110 valence electrons. The topological polar surface area (TPSA) is 67.1 Å². The highest BCUT2D eigenvalue weighted by atomic mass is 32.1. The van der Waals surface area contributed by atoms with E-state index in [-0.39, 0.29) is 0 Å². The lowest BCUT2D eigenvalue weighted by atomic mass is 10.2. The van der Waals surface area contributed by atoms with Crippen LogP contribution < -0.4 is 11.1 Å². The number of rotatable bonds is 6. The summed E-state index contributed by atoms with van der Waals surface area (Å²) >= 11 is 3.02. The second kappa shape index (κ2) is 6.51. The molecule has 20 heavy (non-hydrogen) atoms. The number of aromatic nitrogens is 2. The van der Waals surface area contributed by atoms with Crippen LogP contribution in [-0.2, 0) is 0 Å². The highest BCUT2D eigenvalue weighted by molar-refractivity contribution is 7.15. The molecule has 0 aromatic carbocycles. The first-order valence-electron chi connectivity index (χ1n) is 6.56. The minimum atomic E-state index is 0.372. The molecule has 0 aliphatic carbocycles. The molecule has 2 aromatic rings. The lowest BCUT2D eigenvalue weighted by Crippen LogP contribution is -2.22. The first kappa shape index (κ1) is 15.2. The zero-order valence-corrected chi connectivity index (χ0v) is 13.9. The first-order valence-corrected chi connectivity index (χ1v) is 8.21. The van der Waals surface area contributed by atoms with Gasteiger partial charge >= 0.3 is 0 Å². The van der Waals surface area contributed by atoms with Crippen molar-refractivity contribution in [1.82, 2.24) is 14.3 Å². The maximum Gasteiger partial charge on any atom is 0.149 e. The van der Waals surface area contributed by atoms with Gasteiger partial charge in [-0.1, -0.05) is 0 Å². The Morgan fingerprint density at radius 2 is 2.20 bits per heavy atom. The molecule has 0 saturated heterocycles. The van der Waals surface area contributed by atoms with Crippen molar-refractivity contribution >= 4 is 33.7 Å². The molecule has 0 fully saturated rings. The normalized spacial score (nSPS) is 12.8. The van der Waals surface area contributed by atoms with Crippen LogP contribution in [-0.4, -0.2) is 40.9 Å². The van der Waals surface area contributed by atoms with E-state index in [1.54, 1.807) is 11.3 Å². The van der Waals surface area contributed by atoms with Crippen molar-refractivity contribution in [3.05, 3.63) is 11.1 Å². The summed E-state index contributed by atoms with van der Waals surface area (Å²) < 4.78 is 4.26. The summed E-state index contributed by atoms with van der Waals surface area (Å²) in [6.45, 7) is 5.22. The summed E-state index contributed by atoms with van der Waals surface area (Å²) in [6.07, 6.45) is 1.07. The molecular weight excluding hydrogens is 290 g/mol. The lowest BCUT2D eigenvalue weighted by Gasteiger charge is -2.17. The van der Waals surface area contributed by atoms with Crippen LogP contribution in [0.1, 0.15) is 19.0 Å². The zero-order valence-electron chi connectivity index (χ0n) is 12.3. The van der Waals surface area contributed by atoms with E-state index in [2.05, 4.69) is 40.6 Å². The van der Waals surface area contributed by atoms with Gasteiger partial charge in [0.05, 0.1) is 5.56 Å². The fraction of sp³-hybridized carbons (Fsp3) is 0.538. The van der Waals surface area contributed by atoms with Crippen LogP contribution in [0.15, 0.2) is 5.38 Å². The van der Waals surface area contributed by atoms with Gasteiger partial charge in [-0.15, -0.1) is 11.3 Å². The Labute approximate surface area is 128 Å². The number of nitrogens with zero attached hydrogens (tertiary/aromatic N) is 3. The van der Waals surface area contributed by atoms with Gasteiger partial charge in [-0.2, -0.15) is 4.37 Å². The average molecular weight is 311 g/mol. The molecule has 2 aromatic heterocycles. The third-order valence-electron chi connectivity index (χ3n) is 2.94. The minimum Gasteiger partial charge on any atom is -0.382 e. The number of anilines is 2. The largest absolute Gasteiger partial charge is 0.382 e. The van der Waals surface area contributed by atoms with Gasteiger partial charge in [-0.3, -0.25) is 0 Å². The quantitative estimate of drug-likeness (QED) is 0.858. The Kier molecular flexibility index (Phi) is 4.95. The number of hydrogen-bond acceptors (Lipinski definition) is 7. The molecule has 0 amide bonds. The Morgan fingerprint density at radius 1 is 1.45 bits per heavy atom. The summed E-state index contributed by atoms with van der Waals surface area (Å²) in [4.78, 5) is 6.70. The Balaban J connectivity index is 2.13. The third-order valence-corrected chi connectivity index (χ3v) is 4.71. The fourth-order valence-electron chi connectivity index (χ4n) is 1.82. The van der Waals surface area contributed by atoms with Crippen molar-refractivity contribution in [3.8, 4) is 10.6 Å². The standard InChI is InChI=1S/C13H21N5S2/c1-8(5-6-18(3)4)15-13-10(11(14)17-20-13)12-16-9(2)7-19-12/h7-8,15H,5-6H2,1-4H3,(H2,14,17). The van der Waals surface area contributed by atoms with Gasteiger partial charge in [0, 0.05) is 17.1 Å². The van der Waals surface area contributed by atoms with E-state index in [1.807, 2.05) is 12.3 Å². The van der Waals surface area contributed by atoms with Crippen molar-refractivity contribution in [2.24, 2.45) is 0 Å². The number of hydrogen-bond donors (Lipinski definition) is 2. The third kappa shape index (κ3) is 3.68. The van der Waals surface area contributed by atoms with Gasteiger partial charge in [0.15, 0.2) is 0 Å². The van der Waals surface area contributed by atoms with Gasteiger partial charge < -0.3 is 16.0 Å². The summed E-state index contributed by atoms with van der Waals surface area (Å²) in [6, 6.07) is 0.372. The maximum atomic E-state index is 6.00. The number of nitrogens with one attached hydrogen (secondary N) is 1. The highest BCUT2D eigenvalue weighted by Gasteiger charge is 2.18. The molecule has 5 nitrogen and oxygen atoms in total. The van der Waals surface area contributed by atoms with Gasteiger partial charge in [0.25, 0.3) is 0 Å². The van der Waals surface area contributed by atoms with Crippen molar-refractivity contribution in [2.75, 3.05) is 31.7 Å². The molecule has 0 aliphatic rings. The monoisotopic (exact) mass is 311 g/mol. The molecular formula is C13H21N5S2. The van der Waals surface area contributed by atoms with E-state index in [0.29, 0.717) is 11.9 Å². The van der Waals surface area contributed by atoms with Crippen LogP contribution in [0.5, 0.6) is 0 Å². The van der Waals surface area contributed by atoms with Crippen molar-refractivity contribution in [3.63, 3.8) is 0 Å². The summed E-state index contributed by atoms with van der Waals surface area (Å²) in [5.74, 6) is 0.562. The lowest BCUT2D eigenvalue weighted by molar-refractivity contribution is 0.390. The van der Waals surface area contributed by atoms with Crippen molar-refractivity contribution in [2.45, 2.75) is 26.3 Å². The molecule has 0 aliphatic heterocycles. The summed E-state index contributed by atoms with van der Waals surface area (Å²) in [7, 11) is 4.17. The Bertz CT molecular complexity index is 561. The molecule has 0 spiro atoms. The van der Waals surface area contributed by atoms with Crippen LogP contribution >= 0.6 is 22.9 Å². The minimum absolute atomic E-state index is 0.372. The maximum absolute atomic E-state index is 6.00. The average Bonchev–Trinajstić information content (AvgIpc) is 2.93. The molecule has 2 heterocycles. The highest BCUT2D eigenvalue weighted by Crippen LogP contribution is 2.38. The number of nitrogens with two attached hydrogens (primary N) is 1. The zero-order chi connectivity index (χ0) is 14.7. The van der Waals surface area contributed by atoms with Crippen LogP contribution in [0.3, 0.4) is 0 Å². The predicted octanol–water partition coefficient (Wildman–Crippen LogP) is 2.91. The van der Waals surface area contributed by atoms with E-state index in [1.165, 1.54) is 11.5 Å². The van der Waals surface area contributed by atoms with Gasteiger partial charge in [0.1, 0.15) is 15.8 Å². The molecule has 3 N–H and O–H groups in total. The van der Waals surface area contributed by atoms with Crippen molar-refractivity contribution < 1.29 is 0 Å². The number of thiazole rings is 1. The Morgan fingerprint density at radius 3 is 2.80 bits per heavy atom. The molecule has 7 heteroatoms. The van der Waals surface area contributed by atoms with E-state index in [9.17, 15) is 0 Å². The van der Waals surface area contributed by atoms with Gasteiger partial charge in [-0.05, 0) is 52.4 Å². The van der Waals surface area contributed by atoms with E-state index in [4.69, 9.17) is 5.73 Å². The second-order valence-electron chi connectivity index (χ2n) is 5.20. The van der Waals surface area contributed by atoms with Gasteiger partial charge in [0.2, 0.25) is 0 Å². The molecule has 2 rings (SSSR count). The molecule has 1 atom stereocenters. The van der Waals surface area contributed by atoms with E-state index in [0.717, 1.165) is 34.2 Å². The van der Waals surface area contributed by atoms with Crippen molar-refractivity contribution in [1.29, 1.82) is 0 Å². The molecule has 0 radical (unpaired) electrons. The molecule has 0 bridgehead atoms. The SMILES string of the molecule is Cc1csc(-c2c(N)nsc2NC(C)CCN(C)C)n1. The predicted molar refractivity (Wildman–Crippen MR) is 88.6 cm³/mol. The van der Waals surface area contributed by atoms with E-state index < -0.39 is 0 Å².